The van der Waals surface area contributed by atoms with E-state index in [9.17, 15) is 8.78 Å². The van der Waals surface area contributed by atoms with Crippen LogP contribution in [0.15, 0.2) is 18.2 Å². The lowest BCUT2D eigenvalue weighted by Gasteiger charge is -2.16. The van der Waals surface area contributed by atoms with Crippen molar-refractivity contribution in [2.45, 2.75) is 19.4 Å². The Morgan fingerprint density at radius 1 is 1.40 bits per heavy atom. The van der Waals surface area contributed by atoms with Gasteiger partial charge < -0.3 is 0 Å². The van der Waals surface area contributed by atoms with Crippen LogP contribution in [0.25, 0.3) is 0 Å². The Bertz CT molecular complexity index is 627. The van der Waals surface area contributed by atoms with Crippen LogP contribution in [0.2, 0.25) is 5.15 Å². The molecule has 0 radical (unpaired) electrons. The molecule has 1 aromatic heterocycles. The summed E-state index contributed by atoms with van der Waals surface area (Å²) in [4.78, 5) is 0. The van der Waals surface area contributed by atoms with E-state index in [0.29, 0.717) is 17.1 Å². The normalized spacial score (nSPS) is 12.7. The van der Waals surface area contributed by atoms with E-state index in [1.54, 1.807) is 11.7 Å². The Morgan fingerprint density at radius 2 is 2.10 bits per heavy atom. The predicted octanol–water partition coefficient (Wildman–Crippen LogP) is 2.41. The minimum Gasteiger partial charge on any atom is -0.271 e. The SMILES string of the molecule is Cc1nn(C)c(Cl)c1CC(NN)c1ccc(F)c(F)c1. The summed E-state index contributed by atoms with van der Waals surface area (Å²) in [5, 5.41) is 4.71. The Labute approximate surface area is 120 Å². The van der Waals surface area contributed by atoms with Crippen molar-refractivity contribution in [1.82, 2.24) is 15.2 Å². The molecular weight excluding hydrogens is 286 g/mol. The molecule has 20 heavy (non-hydrogen) atoms. The molecule has 7 heteroatoms. The summed E-state index contributed by atoms with van der Waals surface area (Å²) >= 11 is 6.16. The number of hydrogen-bond acceptors (Lipinski definition) is 3. The fourth-order valence-electron chi connectivity index (χ4n) is 2.11. The molecule has 108 valence electrons. The van der Waals surface area contributed by atoms with Crippen LogP contribution in [0.3, 0.4) is 0 Å². The van der Waals surface area contributed by atoms with Crippen LogP contribution in [0.5, 0.6) is 0 Å². The molecule has 1 atom stereocenters. The number of halogens is 3. The van der Waals surface area contributed by atoms with Crippen LogP contribution in [0.4, 0.5) is 8.78 Å². The number of rotatable bonds is 4. The topological polar surface area (TPSA) is 55.9 Å². The number of hydrazine groups is 1. The third-order valence-electron chi connectivity index (χ3n) is 3.23. The van der Waals surface area contributed by atoms with Gasteiger partial charge in [0.1, 0.15) is 5.15 Å². The van der Waals surface area contributed by atoms with Gasteiger partial charge in [0, 0.05) is 12.6 Å². The average molecular weight is 301 g/mol. The van der Waals surface area contributed by atoms with Gasteiger partial charge in [-0.15, -0.1) is 0 Å². The maximum Gasteiger partial charge on any atom is 0.159 e. The van der Waals surface area contributed by atoms with Crippen molar-refractivity contribution < 1.29 is 8.78 Å². The summed E-state index contributed by atoms with van der Waals surface area (Å²) in [6.07, 6.45) is 0.431. The fourth-order valence-corrected chi connectivity index (χ4v) is 2.36. The third-order valence-corrected chi connectivity index (χ3v) is 3.70. The highest BCUT2D eigenvalue weighted by molar-refractivity contribution is 6.30. The maximum atomic E-state index is 13.3. The van der Waals surface area contributed by atoms with E-state index in [2.05, 4.69) is 10.5 Å². The highest BCUT2D eigenvalue weighted by Crippen LogP contribution is 2.26. The maximum absolute atomic E-state index is 13.3. The summed E-state index contributed by atoms with van der Waals surface area (Å²) in [6.45, 7) is 1.83. The molecule has 3 N–H and O–H groups in total. The lowest BCUT2D eigenvalue weighted by Crippen LogP contribution is -2.29. The Kier molecular flexibility index (Phi) is 4.37. The number of hydrogen-bond donors (Lipinski definition) is 2. The average Bonchev–Trinajstić information content (AvgIpc) is 2.65. The molecule has 0 bridgehead atoms. The first-order valence-electron chi connectivity index (χ1n) is 6.03. The van der Waals surface area contributed by atoms with Crippen molar-refractivity contribution >= 4 is 11.6 Å². The summed E-state index contributed by atoms with van der Waals surface area (Å²) in [5.74, 6) is 3.72. The molecule has 0 aliphatic carbocycles. The molecule has 2 rings (SSSR count). The number of nitrogens with zero attached hydrogens (tertiary/aromatic N) is 2. The molecule has 1 unspecified atom stereocenters. The number of nitrogens with one attached hydrogen (secondary N) is 1. The second-order valence-electron chi connectivity index (χ2n) is 4.58. The Hall–Kier alpha value is -1.50. The first kappa shape index (κ1) is 14.9. The predicted molar refractivity (Wildman–Crippen MR) is 73.1 cm³/mol. The molecule has 1 heterocycles. The van der Waals surface area contributed by atoms with Gasteiger partial charge in [0.05, 0.1) is 11.7 Å². The summed E-state index contributed by atoms with van der Waals surface area (Å²) < 4.78 is 27.8. The molecule has 0 aliphatic heterocycles. The van der Waals surface area contributed by atoms with Gasteiger partial charge in [-0.2, -0.15) is 5.10 Å². The monoisotopic (exact) mass is 300 g/mol. The zero-order valence-electron chi connectivity index (χ0n) is 11.1. The van der Waals surface area contributed by atoms with Crippen molar-refractivity contribution in [3.8, 4) is 0 Å². The second-order valence-corrected chi connectivity index (χ2v) is 4.93. The van der Waals surface area contributed by atoms with Gasteiger partial charge >= 0.3 is 0 Å². The minimum atomic E-state index is -0.906. The molecular formula is C13H15ClF2N4. The second kappa shape index (κ2) is 5.87. The molecule has 1 aromatic carbocycles. The van der Waals surface area contributed by atoms with E-state index in [-0.39, 0.29) is 6.04 Å². The van der Waals surface area contributed by atoms with Crippen molar-refractivity contribution in [3.05, 3.63) is 51.8 Å². The fraction of sp³-hybridized carbons (Fsp3) is 0.308. The highest BCUT2D eigenvalue weighted by atomic mass is 35.5. The molecule has 0 fully saturated rings. The van der Waals surface area contributed by atoms with Crippen LogP contribution >= 0.6 is 11.6 Å². The van der Waals surface area contributed by atoms with E-state index < -0.39 is 11.6 Å². The smallest absolute Gasteiger partial charge is 0.159 e. The number of benzene rings is 1. The van der Waals surface area contributed by atoms with Gasteiger partial charge in [-0.25, -0.2) is 8.78 Å². The summed E-state index contributed by atoms with van der Waals surface area (Å²) in [7, 11) is 1.74. The van der Waals surface area contributed by atoms with Crippen LogP contribution in [-0.4, -0.2) is 9.78 Å². The molecule has 0 aliphatic rings. The summed E-state index contributed by atoms with van der Waals surface area (Å²) in [6, 6.07) is 3.31. The van der Waals surface area contributed by atoms with E-state index in [4.69, 9.17) is 17.4 Å². The molecule has 4 nitrogen and oxygen atoms in total. The molecule has 0 saturated carbocycles. The molecule has 0 amide bonds. The first-order valence-corrected chi connectivity index (χ1v) is 6.41. The van der Waals surface area contributed by atoms with Crippen molar-refractivity contribution in [2.75, 3.05) is 0 Å². The van der Waals surface area contributed by atoms with E-state index in [1.807, 2.05) is 6.92 Å². The van der Waals surface area contributed by atoms with Gasteiger partial charge in [-0.1, -0.05) is 17.7 Å². The quantitative estimate of drug-likeness (QED) is 0.673. The van der Waals surface area contributed by atoms with Gasteiger partial charge in [0.25, 0.3) is 0 Å². The van der Waals surface area contributed by atoms with Gasteiger partial charge in [0.2, 0.25) is 0 Å². The molecule has 0 saturated heterocycles. The van der Waals surface area contributed by atoms with Crippen LogP contribution in [0.1, 0.15) is 22.9 Å². The lowest BCUT2D eigenvalue weighted by molar-refractivity contribution is 0.497. The van der Waals surface area contributed by atoms with Crippen LogP contribution in [0, 0.1) is 18.6 Å². The van der Waals surface area contributed by atoms with Crippen LogP contribution < -0.4 is 11.3 Å². The Balaban J connectivity index is 2.31. The zero-order valence-corrected chi connectivity index (χ0v) is 11.9. The van der Waals surface area contributed by atoms with E-state index >= 15 is 0 Å². The Morgan fingerprint density at radius 3 is 2.60 bits per heavy atom. The highest BCUT2D eigenvalue weighted by Gasteiger charge is 2.18. The first-order chi connectivity index (χ1) is 9.43. The van der Waals surface area contributed by atoms with Gasteiger partial charge in [-0.05, 0) is 31.0 Å². The number of aryl methyl sites for hydroxylation is 2. The zero-order chi connectivity index (χ0) is 14.9. The van der Waals surface area contributed by atoms with E-state index in [0.717, 1.165) is 23.4 Å². The minimum absolute atomic E-state index is 0.384. The van der Waals surface area contributed by atoms with Crippen LogP contribution in [-0.2, 0) is 13.5 Å². The summed E-state index contributed by atoms with van der Waals surface area (Å²) in [5.41, 5.74) is 4.74. The third kappa shape index (κ3) is 2.82. The number of nitrogens with two attached hydrogens (primary N) is 1. The van der Waals surface area contributed by atoms with E-state index in [1.165, 1.54) is 6.07 Å². The lowest BCUT2D eigenvalue weighted by atomic mass is 9.99. The molecule has 2 aromatic rings. The van der Waals surface area contributed by atoms with Crippen molar-refractivity contribution in [2.24, 2.45) is 12.9 Å². The largest absolute Gasteiger partial charge is 0.271 e. The van der Waals surface area contributed by atoms with Crippen molar-refractivity contribution in [1.29, 1.82) is 0 Å². The van der Waals surface area contributed by atoms with Gasteiger partial charge in [0.15, 0.2) is 11.6 Å². The van der Waals surface area contributed by atoms with Crippen molar-refractivity contribution in [3.63, 3.8) is 0 Å². The molecule has 0 spiro atoms. The standard InChI is InChI=1S/C13H15ClF2N4/c1-7-9(13(14)20(2)19-7)6-12(18-17)8-3-4-10(15)11(16)5-8/h3-5,12,18H,6,17H2,1-2H3. The number of aromatic nitrogens is 2. The van der Waals surface area contributed by atoms with Gasteiger partial charge in [-0.3, -0.25) is 16.0 Å².